The molecule has 0 unspecified atom stereocenters. The molecule has 0 radical (unpaired) electrons. The van der Waals surface area contributed by atoms with E-state index in [1.54, 1.807) is 6.20 Å². The number of hydrogen-bond donors (Lipinski definition) is 0. The van der Waals surface area contributed by atoms with Gasteiger partial charge in [0.2, 0.25) is 0 Å². The summed E-state index contributed by atoms with van der Waals surface area (Å²) >= 11 is 3.44. The van der Waals surface area contributed by atoms with E-state index in [1.165, 1.54) is 6.04 Å². The molecule has 15 heavy (non-hydrogen) atoms. The fourth-order valence-corrected chi connectivity index (χ4v) is 2.35. The lowest BCUT2D eigenvalue weighted by Gasteiger charge is -2.16. The molecular formula is C10H19BrN2OSi. The molecule has 1 aromatic heterocycles. The van der Waals surface area contributed by atoms with Gasteiger partial charge in [-0.25, -0.2) is 4.98 Å². The molecular weight excluding hydrogens is 272 g/mol. The van der Waals surface area contributed by atoms with Crippen LogP contribution in [-0.2, 0) is 11.5 Å². The summed E-state index contributed by atoms with van der Waals surface area (Å²) < 4.78 is 8.64. The summed E-state index contributed by atoms with van der Waals surface area (Å²) in [5.74, 6) is 0.981. The first-order chi connectivity index (χ1) is 6.90. The number of halogens is 1. The van der Waals surface area contributed by atoms with Crippen LogP contribution in [0.4, 0.5) is 0 Å². The number of aryl methyl sites for hydroxylation is 1. The molecule has 0 fully saturated rings. The molecule has 0 aliphatic rings. The fourth-order valence-electron chi connectivity index (χ4n) is 1.13. The lowest BCUT2D eigenvalue weighted by atomic mass is 10.7. The fraction of sp³-hybridized carbons (Fsp3) is 0.700. The summed E-state index contributed by atoms with van der Waals surface area (Å²) in [5, 5.41) is 0. The number of aromatic nitrogens is 2. The second-order valence-electron chi connectivity index (χ2n) is 4.90. The highest BCUT2D eigenvalue weighted by atomic mass is 79.9. The van der Waals surface area contributed by atoms with E-state index in [4.69, 9.17) is 4.74 Å². The van der Waals surface area contributed by atoms with Gasteiger partial charge in [-0.2, -0.15) is 0 Å². The van der Waals surface area contributed by atoms with Gasteiger partial charge in [-0.1, -0.05) is 19.6 Å². The van der Waals surface area contributed by atoms with E-state index in [-0.39, 0.29) is 0 Å². The summed E-state index contributed by atoms with van der Waals surface area (Å²) in [6.45, 7) is 10.5. The van der Waals surface area contributed by atoms with Crippen LogP contribution in [0.15, 0.2) is 10.8 Å². The van der Waals surface area contributed by atoms with Gasteiger partial charge in [0.05, 0.1) is 6.20 Å². The van der Waals surface area contributed by atoms with E-state index in [0.29, 0.717) is 6.73 Å². The van der Waals surface area contributed by atoms with Gasteiger partial charge in [-0.3, -0.25) is 4.57 Å². The zero-order valence-corrected chi connectivity index (χ0v) is 12.5. The number of hydrogen-bond acceptors (Lipinski definition) is 2. The maximum absolute atomic E-state index is 5.64. The Hall–Kier alpha value is -0.133. The molecule has 0 saturated carbocycles. The minimum absolute atomic E-state index is 0.594. The van der Waals surface area contributed by atoms with E-state index in [1.807, 2.05) is 11.5 Å². The third-order valence-electron chi connectivity index (χ3n) is 2.22. The molecule has 0 aliphatic heterocycles. The average molecular weight is 291 g/mol. The molecule has 86 valence electrons. The quantitative estimate of drug-likeness (QED) is 0.615. The molecule has 0 atom stereocenters. The van der Waals surface area contributed by atoms with Gasteiger partial charge in [0.15, 0.2) is 0 Å². The number of ether oxygens (including phenoxy) is 1. The van der Waals surface area contributed by atoms with Crippen LogP contribution in [0.25, 0.3) is 0 Å². The molecule has 0 saturated heterocycles. The highest BCUT2D eigenvalue weighted by molar-refractivity contribution is 9.10. The highest BCUT2D eigenvalue weighted by Crippen LogP contribution is 2.13. The summed E-state index contributed by atoms with van der Waals surface area (Å²) in [4.78, 5) is 4.19. The van der Waals surface area contributed by atoms with Crippen molar-refractivity contribution in [2.24, 2.45) is 0 Å². The monoisotopic (exact) mass is 290 g/mol. The first-order valence-electron chi connectivity index (χ1n) is 5.15. The van der Waals surface area contributed by atoms with E-state index >= 15 is 0 Å². The minimum atomic E-state index is -0.968. The number of rotatable bonds is 5. The van der Waals surface area contributed by atoms with Crippen molar-refractivity contribution in [1.82, 2.24) is 9.55 Å². The van der Waals surface area contributed by atoms with Crippen LogP contribution in [-0.4, -0.2) is 24.2 Å². The number of nitrogens with zero attached hydrogens (tertiary/aromatic N) is 2. The summed E-state index contributed by atoms with van der Waals surface area (Å²) in [6.07, 6.45) is 1.80. The first kappa shape index (κ1) is 12.9. The van der Waals surface area contributed by atoms with Gasteiger partial charge in [0, 0.05) is 14.7 Å². The van der Waals surface area contributed by atoms with Gasteiger partial charge >= 0.3 is 0 Å². The molecule has 0 spiro atoms. The molecule has 3 nitrogen and oxygen atoms in total. The van der Waals surface area contributed by atoms with Crippen molar-refractivity contribution in [3.8, 4) is 0 Å². The Kier molecular flexibility index (Phi) is 4.55. The van der Waals surface area contributed by atoms with E-state index in [9.17, 15) is 0 Å². The van der Waals surface area contributed by atoms with Crippen molar-refractivity contribution in [2.45, 2.75) is 39.3 Å². The second-order valence-corrected chi connectivity index (χ2v) is 11.3. The standard InChI is InChI=1S/C10H19BrN2OSi/c1-9-12-7-10(11)13(9)8-14-5-6-15(2,3)4/h7H,5-6,8H2,1-4H3. The zero-order valence-electron chi connectivity index (χ0n) is 9.88. The van der Waals surface area contributed by atoms with Crippen LogP contribution in [0, 0.1) is 6.92 Å². The van der Waals surface area contributed by atoms with Crippen molar-refractivity contribution in [3.63, 3.8) is 0 Å². The lowest BCUT2D eigenvalue weighted by Crippen LogP contribution is -2.22. The number of imidazole rings is 1. The molecule has 1 aromatic rings. The molecule has 1 heterocycles. The predicted octanol–water partition coefficient (Wildman–Crippen LogP) is 3.27. The van der Waals surface area contributed by atoms with Crippen LogP contribution in [0.3, 0.4) is 0 Å². The molecule has 5 heteroatoms. The third kappa shape index (κ3) is 4.48. The van der Waals surface area contributed by atoms with Crippen molar-refractivity contribution >= 4 is 24.0 Å². The Morgan fingerprint density at radius 2 is 2.13 bits per heavy atom. The summed E-state index contributed by atoms with van der Waals surface area (Å²) in [7, 11) is -0.968. The van der Waals surface area contributed by atoms with E-state index in [2.05, 4.69) is 40.6 Å². The molecule has 0 aliphatic carbocycles. The maximum atomic E-state index is 5.64. The Labute approximate surface area is 101 Å². The van der Waals surface area contributed by atoms with Crippen LogP contribution in [0.1, 0.15) is 5.82 Å². The van der Waals surface area contributed by atoms with Crippen molar-refractivity contribution in [2.75, 3.05) is 6.61 Å². The largest absolute Gasteiger partial charge is 0.361 e. The van der Waals surface area contributed by atoms with Gasteiger partial charge < -0.3 is 4.74 Å². The van der Waals surface area contributed by atoms with Gasteiger partial charge in [0.1, 0.15) is 17.2 Å². The van der Waals surface area contributed by atoms with Gasteiger partial charge in [-0.15, -0.1) is 0 Å². The van der Waals surface area contributed by atoms with E-state index < -0.39 is 8.07 Å². The van der Waals surface area contributed by atoms with Crippen LogP contribution in [0.5, 0.6) is 0 Å². The van der Waals surface area contributed by atoms with Crippen LogP contribution >= 0.6 is 15.9 Å². The van der Waals surface area contributed by atoms with E-state index in [0.717, 1.165) is 17.0 Å². The molecule has 0 amide bonds. The predicted molar refractivity (Wildman–Crippen MR) is 68.8 cm³/mol. The Morgan fingerprint density at radius 3 is 2.60 bits per heavy atom. The topological polar surface area (TPSA) is 27.1 Å². The Bertz CT molecular complexity index is 300. The zero-order chi connectivity index (χ0) is 11.5. The SMILES string of the molecule is Cc1ncc(Br)n1COCC[Si](C)(C)C. The van der Waals surface area contributed by atoms with Gasteiger partial charge in [0.25, 0.3) is 0 Å². The average Bonchev–Trinajstić information content (AvgIpc) is 2.40. The lowest BCUT2D eigenvalue weighted by molar-refractivity contribution is 0.0843. The third-order valence-corrected chi connectivity index (χ3v) is 4.56. The van der Waals surface area contributed by atoms with Crippen molar-refractivity contribution in [1.29, 1.82) is 0 Å². The molecule has 1 rings (SSSR count). The highest BCUT2D eigenvalue weighted by Gasteiger charge is 2.12. The molecule has 0 N–H and O–H groups in total. The van der Waals surface area contributed by atoms with Crippen molar-refractivity contribution in [3.05, 3.63) is 16.6 Å². The first-order valence-corrected chi connectivity index (χ1v) is 9.65. The Balaban J connectivity index is 2.32. The Morgan fingerprint density at radius 1 is 1.47 bits per heavy atom. The smallest absolute Gasteiger partial charge is 0.125 e. The minimum Gasteiger partial charge on any atom is -0.361 e. The normalized spacial score (nSPS) is 12.1. The summed E-state index contributed by atoms with van der Waals surface area (Å²) in [5.41, 5.74) is 0. The maximum Gasteiger partial charge on any atom is 0.125 e. The summed E-state index contributed by atoms with van der Waals surface area (Å²) in [6, 6.07) is 1.21. The van der Waals surface area contributed by atoms with Gasteiger partial charge in [-0.05, 0) is 28.9 Å². The van der Waals surface area contributed by atoms with Crippen LogP contribution in [0.2, 0.25) is 25.7 Å². The van der Waals surface area contributed by atoms with Crippen molar-refractivity contribution < 1.29 is 4.74 Å². The molecule has 0 aromatic carbocycles. The molecule has 0 bridgehead atoms. The van der Waals surface area contributed by atoms with Crippen LogP contribution < -0.4 is 0 Å². The second kappa shape index (κ2) is 5.27.